The van der Waals surface area contributed by atoms with Crippen molar-refractivity contribution in [2.45, 2.75) is 0 Å². The van der Waals surface area contributed by atoms with Crippen molar-refractivity contribution in [2.75, 3.05) is 5.73 Å². The SMILES string of the molecule is Nc1cc(Br)cnc1Oc1cc(Cl)c(Cl)cc1Cl. The van der Waals surface area contributed by atoms with Crippen LogP contribution in [0.3, 0.4) is 0 Å². The summed E-state index contributed by atoms with van der Waals surface area (Å²) >= 11 is 21.0. The molecule has 0 unspecified atom stereocenters. The van der Waals surface area contributed by atoms with Crippen LogP contribution in [0.4, 0.5) is 5.69 Å². The summed E-state index contributed by atoms with van der Waals surface area (Å²) in [6.45, 7) is 0. The minimum absolute atomic E-state index is 0.249. The van der Waals surface area contributed by atoms with E-state index in [2.05, 4.69) is 20.9 Å². The van der Waals surface area contributed by atoms with Crippen LogP contribution in [-0.4, -0.2) is 4.98 Å². The lowest BCUT2D eigenvalue weighted by Gasteiger charge is -2.09. The lowest BCUT2D eigenvalue weighted by atomic mass is 10.3. The molecule has 94 valence electrons. The van der Waals surface area contributed by atoms with Crippen LogP contribution in [-0.2, 0) is 0 Å². The summed E-state index contributed by atoms with van der Waals surface area (Å²) in [6.07, 6.45) is 1.57. The van der Waals surface area contributed by atoms with E-state index in [1.54, 1.807) is 12.3 Å². The summed E-state index contributed by atoms with van der Waals surface area (Å²) in [6, 6.07) is 4.68. The van der Waals surface area contributed by atoms with E-state index in [-0.39, 0.29) is 5.88 Å². The zero-order valence-corrected chi connectivity index (χ0v) is 12.6. The Labute approximate surface area is 127 Å². The Morgan fingerprint density at radius 2 is 1.72 bits per heavy atom. The molecule has 2 N–H and O–H groups in total. The first-order valence-corrected chi connectivity index (χ1v) is 6.63. The fourth-order valence-corrected chi connectivity index (χ4v) is 2.14. The topological polar surface area (TPSA) is 48.1 Å². The van der Waals surface area contributed by atoms with Gasteiger partial charge in [0.15, 0.2) is 0 Å². The van der Waals surface area contributed by atoms with E-state index in [1.807, 2.05) is 0 Å². The molecule has 7 heteroatoms. The van der Waals surface area contributed by atoms with Crippen LogP contribution in [0.1, 0.15) is 0 Å². The van der Waals surface area contributed by atoms with E-state index in [1.165, 1.54) is 12.1 Å². The summed E-state index contributed by atoms with van der Waals surface area (Å²) in [5.41, 5.74) is 6.15. The highest BCUT2D eigenvalue weighted by Crippen LogP contribution is 2.37. The van der Waals surface area contributed by atoms with Crippen molar-refractivity contribution in [1.29, 1.82) is 0 Å². The molecule has 2 aromatic rings. The molecular formula is C11H6BrCl3N2O. The third-order valence-corrected chi connectivity index (χ3v) is 3.48. The van der Waals surface area contributed by atoms with Crippen LogP contribution >= 0.6 is 50.7 Å². The van der Waals surface area contributed by atoms with Gasteiger partial charge in [-0.2, -0.15) is 0 Å². The molecule has 0 saturated heterocycles. The van der Waals surface area contributed by atoms with Gasteiger partial charge in [-0.25, -0.2) is 4.98 Å². The Morgan fingerprint density at radius 3 is 2.39 bits per heavy atom. The highest BCUT2D eigenvalue weighted by molar-refractivity contribution is 9.10. The maximum Gasteiger partial charge on any atom is 0.242 e. The number of benzene rings is 1. The summed E-state index contributed by atoms with van der Waals surface area (Å²) in [5, 5.41) is 1.02. The number of aromatic nitrogens is 1. The number of pyridine rings is 1. The first-order chi connectivity index (χ1) is 8.47. The van der Waals surface area contributed by atoms with Gasteiger partial charge >= 0.3 is 0 Å². The average molecular weight is 368 g/mol. The van der Waals surface area contributed by atoms with Crippen LogP contribution in [0.25, 0.3) is 0 Å². The standard InChI is InChI=1S/C11H6BrCl3N2O/c12-5-1-9(16)11(17-4-5)18-10-3-7(14)6(13)2-8(10)15/h1-4H,16H2. The monoisotopic (exact) mass is 366 g/mol. The van der Waals surface area contributed by atoms with E-state index in [9.17, 15) is 0 Å². The summed E-state index contributed by atoms with van der Waals surface area (Å²) in [5.74, 6) is 0.589. The molecule has 0 aliphatic carbocycles. The largest absolute Gasteiger partial charge is 0.435 e. The molecule has 0 saturated carbocycles. The second-order valence-corrected chi connectivity index (χ2v) is 5.48. The van der Waals surface area contributed by atoms with E-state index < -0.39 is 0 Å². The fourth-order valence-electron chi connectivity index (χ4n) is 1.21. The van der Waals surface area contributed by atoms with Gasteiger partial charge in [0.25, 0.3) is 0 Å². The molecule has 1 aromatic heterocycles. The second kappa shape index (κ2) is 5.53. The molecule has 0 amide bonds. The summed E-state index contributed by atoms with van der Waals surface area (Å²) in [4.78, 5) is 4.04. The van der Waals surface area contributed by atoms with Gasteiger partial charge in [0.05, 0.1) is 20.8 Å². The summed E-state index contributed by atoms with van der Waals surface area (Å²) < 4.78 is 6.26. The minimum atomic E-state index is 0.249. The van der Waals surface area contributed by atoms with Crippen molar-refractivity contribution in [3.05, 3.63) is 43.9 Å². The molecule has 1 heterocycles. The highest BCUT2D eigenvalue weighted by atomic mass is 79.9. The maximum absolute atomic E-state index is 5.99. The Kier molecular flexibility index (Phi) is 4.22. The quantitative estimate of drug-likeness (QED) is 0.743. The zero-order valence-electron chi connectivity index (χ0n) is 8.75. The van der Waals surface area contributed by atoms with Gasteiger partial charge in [-0.1, -0.05) is 34.8 Å². The Hall–Kier alpha value is -0.680. The first-order valence-electron chi connectivity index (χ1n) is 4.71. The van der Waals surface area contributed by atoms with Gasteiger partial charge in [0, 0.05) is 16.7 Å². The van der Waals surface area contributed by atoms with E-state index >= 15 is 0 Å². The van der Waals surface area contributed by atoms with Crippen LogP contribution in [0.2, 0.25) is 15.1 Å². The van der Waals surface area contributed by atoms with Gasteiger partial charge in [-0.05, 0) is 28.1 Å². The van der Waals surface area contributed by atoms with E-state index in [4.69, 9.17) is 45.3 Å². The van der Waals surface area contributed by atoms with Crippen molar-refractivity contribution in [2.24, 2.45) is 0 Å². The number of nitrogens with zero attached hydrogens (tertiary/aromatic N) is 1. The number of hydrogen-bond donors (Lipinski definition) is 1. The normalized spacial score (nSPS) is 10.4. The number of nitrogens with two attached hydrogens (primary N) is 1. The van der Waals surface area contributed by atoms with Gasteiger partial charge in [0.2, 0.25) is 5.88 Å². The predicted octanol–water partition coefficient (Wildman–Crippen LogP) is 5.18. The predicted molar refractivity (Wildman–Crippen MR) is 77.9 cm³/mol. The molecule has 0 bridgehead atoms. The van der Waals surface area contributed by atoms with E-state index in [0.29, 0.717) is 26.5 Å². The lowest BCUT2D eigenvalue weighted by molar-refractivity contribution is 0.465. The third kappa shape index (κ3) is 3.01. The minimum Gasteiger partial charge on any atom is -0.435 e. The average Bonchev–Trinajstić information content (AvgIpc) is 2.29. The van der Waals surface area contributed by atoms with Crippen molar-refractivity contribution in [1.82, 2.24) is 4.98 Å². The number of hydrogen-bond acceptors (Lipinski definition) is 3. The van der Waals surface area contributed by atoms with Crippen LogP contribution < -0.4 is 10.5 Å². The van der Waals surface area contributed by atoms with Crippen molar-refractivity contribution in [3.8, 4) is 11.6 Å². The van der Waals surface area contributed by atoms with Crippen LogP contribution in [0.15, 0.2) is 28.9 Å². The van der Waals surface area contributed by atoms with Crippen molar-refractivity contribution >= 4 is 56.4 Å². The second-order valence-electron chi connectivity index (χ2n) is 3.35. The smallest absolute Gasteiger partial charge is 0.242 e. The third-order valence-electron chi connectivity index (χ3n) is 2.03. The Morgan fingerprint density at radius 1 is 1.06 bits per heavy atom. The molecular weight excluding hydrogens is 362 g/mol. The van der Waals surface area contributed by atoms with Gasteiger partial charge in [-0.15, -0.1) is 0 Å². The molecule has 0 atom stereocenters. The number of ether oxygens (including phenoxy) is 1. The number of anilines is 1. The zero-order chi connectivity index (χ0) is 13.3. The molecule has 3 nitrogen and oxygen atoms in total. The molecule has 0 aliphatic rings. The van der Waals surface area contributed by atoms with Gasteiger partial charge < -0.3 is 10.5 Å². The van der Waals surface area contributed by atoms with Crippen molar-refractivity contribution in [3.63, 3.8) is 0 Å². The Bertz CT molecular complexity index is 607. The Balaban J connectivity index is 2.37. The molecule has 2 rings (SSSR count). The lowest BCUT2D eigenvalue weighted by Crippen LogP contribution is -1.95. The molecule has 1 aromatic carbocycles. The molecule has 0 radical (unpaired) electrons. The fraction of sp³-hybridized carbons (Fsp3) is 0. The number of halogens is 4. The molecule has 0 fully saturated rings. The molecule has 0 aliphatic heterocycles. The number of nitrogen functional groups attached to an aromatic ring is 1. The van der Waals surface area contributed by atoms with Gasteiger partial charge in [0.1, 0.15) is 5.75 Å². The highest BCUT2D eigenvalue weighted by Gasteiger charge is 2.11. The van der Waals surface area contributed by atoms with E-state index in [0.717, 1.165) is 4.47 Å². The first kappa shape index (κ1) is 13.7. The van der Waals surface area contributed by atoms with Gasteiger partial charge in [-0.3, -0.25) is 0 Å². The number of rotatable bonds is 2. The maximum atomic E-state index is 5.99. The molecule has 18 heavy (non-hydrogen) atoms. The van der Waals surface area contributed by atoms with Crippen LogP contribution in [0, 0.1) is 0 Å². The molecule has 0 spiro atoms. The summed E-state index contributed by atoms with van der Waals surface area (Å²) in [7, 11) is 0. The van der Waals surface area contributed by atoms with Crippen LogP contribution in [0.5, 0.6) is 11.6 Å². The van der Waals surface area contributed by atoms with Crippen molar-refractivity contribution < 1.29 is 4.74 Å².